The van der Waals surface area contributed by atoms with E-state index < -0.39 is 0 Å². The van der Waals surface area contributed by atoms with E-state index in [9.17, 15) is 4.79 Å². The first-order chi connectivity index (χ1) is 11.6. The molecule has 3 atom stereocenters. The minimum atomic E-state index is -0.0209. The van der Waals surface area contributed by atoms with Gasteiger partial charge in [-0.2, -0.15) is 0 Å². The lowest BCUT2D eigenvalue weighted by Crippen LogP contribution is -2.45. The Morgan fingerprint density at radius 3 is 2.64 bits per heavy atom. The minimum absolute atomic E-state index is 0. The van der Waals surface area contributed by atoms with Crippen molar-refractivity contribution in [1.29, 1.82) is 0 Å². The molecule has 0 spiro atoms. The number of carbonyl (C=O) groups is 1. The largest absolute Gasteiger partial charge is 0.492 e. The Morgan fingerprint density at radius 2 is 2.00 bits per heavy atom. The van der Waals surface area contributed by atoms with E-state index in [-0.39, 0.29) is 36.4 Å². The van der Waals surface area contributed by atoms with Crippen molar-refractivity contribution in [3.63, 3.8) is 0 Å². The van der Waals surface area contributed by atoms with Gasteiger partial charge in [0.05, 0.1) is 12.6 Å². The van der Waals surface area contributed by atoms with Crippen LogP contribution in [0, 0.1) is 5.92 Å². The molecular formula is C19H31ClN2O3. The number of benzene rings is 1. The number of carbonyl (C=O) groups excluding carboxylic acids is 1. The molecule has 3 N–H and O–H groups in total. The van der Waals surface area contributed by atoms with Crippen molar-refractivity contribution in [3.05, 3.63) is 29.8 Å². The van der Waals surface area contributed by atoms with Crippen LogP contribution in [-0.2, 0) is 16.0 Å². The van der Waals surface area contributed by atoms with Gasteiger partial charge >= 0.3 is 0 Å². The van der Waals surface area contributed by atoms with Gasteiger partial charge in [0.2, 0.25) is 5.91 Å². The predicted octanol–water partition coefficient (Wildman–Crippen LogP) is 2.70. The topological polar surface area (TPSA) is 73.6 Å². The third-order valence-electron chi connectivity index (χ3n) is 4.65. The molecule has 142 valence electrons. The fraction of sp³-hybridized carbons (Fsp3) is 0.632. The Morgan fingerprint density at radius 1 is 1.28 bits per heavy atom. The Kier molecular flexibility index (Phi) is 9.86. The summed E-state index contributed by atoms with van der Waals surface area (Å²) in [6.07, 6.45) is 4.56. The number of amides is 1. The fourth-order valence-corrected chi connectivity index (χ4v) is 3.19. The Hall–Kier alpha value is -1.30. The molecule has 1 aromatic rings. The molecule has 0 saturated heterocycles. The molecule has 0 radical (unpaired) electrons. The average molecular weight is 371 g/mol. The summed E-state index contributed by atoms with van der Waals surface area (Å²) in [7, 11) is 1.66. The highest BCUT2D eigenvalue weighted by Crippen LogP contribution is 2.25. The smallest absolute Gasteiger partial charge is 0.223 e. The molecule has 1 aromatic carbocycles. The van der Waals surface area contributed by atoms with Crippen LogP contribution in [-0.4, -0.2) is 38.3 Å². The zero-order valence-electron chi connectivity index (χ0n) is 15.2. The lowest BCUT2D eigenvalue weighted by molar-refractivity contribution is -0.127. The van der Waals surface area contributed by atoms with Crippen molar-refractivity contribution < 1.29 is 14.3 Å². The van der Waals surface area contributed by atoms with Crippen LogP contribution in [0.3, 0.4) is 0 Å². The molecule has 0 aromatic heterocycles. The summed E-state index contributed by atoms with van der Waals surface area (Å²) in [5.74, 6) is 0.904. The summed E-state index contributed by atoms with van der Waals surface area (Å²) < 4.78 is 11.0. The van der Waals surface area contributed by atoms with Crippen molar-refractivity contribution in [2.24, 2.45) is 11.7 Å². The first-order valence-electron chi connectivity index (χ1n) is 8.91. The number of hydrogen-bond acceptors (Lipinski definition) is 4. The quantitative estimate of drug-likeness (QED) is 0.690. The molecule has 0 heterocycles. The van der Waals surface area contributed by atoms with Crippen LogP contribution in [0.25, 0.3) is 0 Å². The SMILES string of the molecule is CCCc1ccc(OCCNC(=O)[C@H]2CC[C@@H](N)[C@H](OC)C2)cc1.Cl. The van der Waals surface area contributed by atoms with Gasteiger partial charge in [0.25, 0.3) is 0 Å². The van der Waals surface area contributed by atoms with Gasteiger partial charge in [-0.1, -0.05) is 25.5 Å². The molecule has 2 rings (SSSR count). The van der Waals surface area contributed by atoms with Crippen LogP contribution in [0.1, 0.15) is 38.2 Å². The van der Waals surface area contributed by atoms with Gasteiger partial charge in [-0.25, -0.2) is 0 Å². The summed E-state index contributed by atoms with van der Waals surface area (Å²) in [4.78, 5) is 12.2. The molecule has 5 nitrogen and oxygen atoms in total. The van der Waals surface area contributed by atoms with E-state index in [1.54, 1.807) is 7.11 Å². The van der Waals surface area contributed by atoms with Crippen molar-refractivity contribution in [2.45, 2.75) is 51.2 Å². The number of ether oxygens (including phenoxy) is 2. The average Bonchev–Trinajstić information content (AvgIpc) is 2.60. The zero-order chi connectivity index (χ0) is 17.4. The van der Waals surface area contributed by atoms with Gasteiger partial charge < -0.3 is 20.5 Å². The molecule has 1 amide bonds. The first kappa shape index (κ1) is 21.7. The van der Waals surface area contributed by atoms with Crippen LogP contribution >= 0.6 is 12.4 Å². The van der Waals surface area contributed by atoms with Crippen LogP contribution in [0.15, 0.2) is 24.3 Å². The Balaban J connectivity index is 0.00000312. The van der Waals surface area contributed by atoms with Gasteiger partial charge in [-0.3, -0.25) is 4.79 Å². The number of methoxy groups -OCH3 is 1. The van der Waals surface area contributed by atoms with Gasteiger partial charge in [0, 0.05) is 19.1 Å². The monoisotopic (exact) mass is 370 g/mol. The van der Waals surface area contributed by atoms with Crippen LogP contribution in [0.5, 0.6) is 5.75 Å². The highest BCUT2D eigenvalue weighted by molar-refractivity contribution is 5.85. The van der Waals surface area contributed by atoms with Gasteiger partial charge in [0.15, 0.2) is 0 Å². The van der Waals surface area contributed by atoms with Crippen molar-refractivity contribution >= 4 is 18.3 Å². The highest BCUT2D eigenvalue weighted by Gasteiger charge is 2.31. The number of nitrogens with one attached hydrogen (secondary N) is 1. The molecule has 1 fully saturated rings. The fourth-order valence-electron chi connectivity index (χ4n) is 3.19. The first-order valence-corrected chi connectivity index (χ1v) is 8.91. The molecule has 1 aliphatic rings. The molecule has 1 saturated carbocycles. The highest BCUT2D eigenvalue weighted by atomic mass is 35.5. The maximum absolute atomic E-state index is 12.2. The van der Waals surface area contributed by atoms with Crippen molar-refractivity contribution in [3.8, 4) is 5.75 Å². The minimum Gasteiger partial charge on any atom is -0.492 e. The standard InChI is InChI=1S/C19H30N2O3.ClH/c1-3-4-14-5-8-16(9-6-14)24-12-11-21-19(22)15-7-10-17(20)18(13-15)23-2;/h5-6,8-9,15,17-18H,3-4,7,10-13,20H2,1-2H3,(H,21,22);1H/t15-,17+,18+;/m0./s1. The summed E-state index contributed by atoms with van der Waals surface area (Å²) in [6, 6.07) is 8.19. The zero-order valence-corrected chi connectivity index (χ0v) is 16.0. The third kappa shape index (κ3) is 6.84. The van der Waals surface area contributed by atoms with Gasteiger partial charge in [-0.15, -0.1) is 12.4 Å². The van der Waals surface area contributed by atoms with E-state index in [2.05, 4.69) is 24.4 Å². The summed E-state index contributed by atoms with van der Waals surface area (Å²) in [5.41, 5.74) is 7.31. The lowest BCUT2D eigenvalue weighted by Gasteiger charge is -2.32. The molecule has 6 heteroatoms. The summed E-state index contributed by atoms with van der Waals surface area (Å²) >= 11 is 0. The van der Waals surface area contributed by atoms with Crippen molar-refractivity contribution in [1.82, 2.24) is 5.32 Å². The van der Waals surface area contributed by atoms with Gasteiger partial charge in [0.1, 0.15) is 12.4 Å². The van der Waals surface area contributed by atoms with Gasteiger partial charge in [-0.05, 0) is 43.4 Å². The molecule has 1 aliphatic carbocycles. The predicted molar refractivity (Wildman–Crippen MR) is 102 cm³/mol. The maximum Gasteiger partial charge on any atom is 0.223 e. The molecule has 0 aliphatic heterocycles. The van der Waals surface area contributed by atoms with E-state index >= 15 is 0 Å². The third-order valence-corrected chi connectivity index (χ3v) is 4.65. The second-order valence-electron chi connectivity index (χ2n) is 6.48. The van der Waals surface area contributed by atoms with E-state index in [0.29, 0.717) is 19.6 Å². The van der Waals surface area contributed by atoms with Crippen LogP contribution in [0.2, 0.25) is 0 Å². The molecule has 25 heavy (non-hydrogen) atoms. The molecular weight excluding hydrogens is 340 g/mol. The number of nitrogens with two attached hydrogens (primary N) is 1. The Bertz CT molecular complexity index is 510. The number of hydrogen-bond donors (Lipinski definition) is 2. The van der Waals surface area contributed by atoms with E-state index in [0.717, 1.165) is 31.4 Å². The van der Waals surface area contributed by atoms with Crippen LogP contribution < -0.4 is 15.8 Å². The second-order valence-corrected chi connectivity index (χ2v) is 6.48. The summed E-state index contributed by atoms with van der Waals surface area (Å²) in [5, 5.41) is 2.95. The van der Waals surface area contributed by atoms with E-state index in [1.165, 1.54) is 5.56 Å². The van der Waals surface area contributed by atoms with Crippen LogP contribution in [0.4, 0.5) is 0 Å². The lowest BCUT2D eigenvalue weighted by atomic mass is 9.83. The maximum atomic E-state index is 12.2. The molecule has 0 unspecified atom stereocenters. The summed E-state index contributed by atoms with van der Waals surface area (Å²) in [6.45, 7) is 3.15. The normalized spacial score (nSPS) is 22.8. The Labute approximate surface area is 157 Å². The van der Waals surface area contributed by atoms with Crippen molar-refractivity contribution in [2.75, 3.05) is 20.3 Å². The van der Waals surface area contributed by atoms with E-state index in [4.69, 9.17) is 15.2 Å². The number of aryl methyl sites for hydroxylation is 1. The van der Waals surface area contributed by atoms with E-state index in [1.807, 2.05) is 12.1 Å². The number of halogens is 1. The molecule has 0 bridgehead atoms. The second kappa shape index (κ2) is 11.3. The number of rotatable bonds is 8.